The third-order valence-electron chi connectivity index (χ3n) is 4.65. The lowest BCUT2D eigenvalue weighted by Gasteiger charge is -2.25. The van der Waals surface area contributed by atoms with Gasteiger partial charge in [0.25, 0.3) is 0 Å². The van der Waals surface area contributed by atoms with Crippen LogP contribution in [-0.4, -0.2) is 36.1 Å². The van der Waals surface area contributed by atoms with Crippen LogP contribution in [0.25, 0.3) is 0 Å². The largest absolute Gasteiger partial charge is 0.357 e. The molecule has 1 fully saturated rings. The Kier molecular flexibility index (Phi) is 5.45. The molecule has 0 bridgehead atoms. The average Bonchev–Trinajstić information content (AvgIpc) is 3.07. The number of hydrogen-bond donors (Lipinski definition) is 0. The molecule has 0 amide bonds. The molecule has 2 heterocycles. The fourth-order valence-corrected chi connectivity index (χ4v) is 3.41. The number of hydrogen-bond acceptors (Lipinski definition) is 4. The molecule has 0 N–H and O–H groups in total. The molecule has 0 radical (unpaired) electrons. The highest BCUT2D eigenvalue weighted by molar-refractivity contribution is 5.41. The van der Waals surface area contributed by atoms with E-state index in [1.165, 1.54) is 12.0 Å². The summed E-state index contributed by atoms with van der Waals surface area (Å²) < 4.78 is 0. The van der Waals surface area contributed by atoms with Gasteiger partial charge < -0.3 is 4.90 Å². The highest BCUT2D eigenvalue weighted by atomic mass is 15.2. The van der Waals surface area contributed by atoms with Crippen LogP contribution in [0.15, 0.2) is 48.5 Å². The summed E-state index contributed by atoms with van der Waals surface area (Å²) in [4.78, 5) is 9.27. The second kappa shape index (κ2) is 7.94. The van der Waals surface area contributed by atoms with Crippen molar-refractivity contribution in [3.8, 4) is 6.07 Å². The molecule has 0 spiro atoms. The Labute approximate surface area is 144 Å². The second-order valence-corrected chi connectivity index (χ2v) is 6.41. The summed E-state index contributed by atoms with van der Waals surface area (Å²) in [6.07, 6.45) is 1.22. The van der Waals surface area contributed by atoms with E-state index in [9.17, 15) is 0 Å². The molecule has 0 aliphatic carbocycles. The van der Waals surface area contributed by atoms with Crippen LogP contribution in [0, 0.1) is 17.2 Å². The Balaban J connectivity index is 1.58. The van der Waals surface area contributed by atoms with Gasteiger partial charge in [0, 0.05) is 26.2 Å². The van der Waals surface area contributed by atoms with Gasteiger partial charge in [-0.3, -0.25) is 4.90 Å². The molecule has 2 aromatic rings. The van der Waals surface area contributed by atoms with Gasteiger partial charge in [-0.1, -0.05) is 36.4 Å². The van der Waals surface area contributed by atoms with E-state index in [1.54, 1.807) is 6.07 Å². The molecule has 1 saturated heterocycles. The minimum atomic E-state index is 0.489. The summed E-state index contributed by atoms with van der Waals surface area (Å²) in [6, 6.07) is 18.5. The highest BCUT2D eigenvalue weighted by Crippen LogP contribution is 2.22. The number of anilines is 1. The number of likely N-dealkylation sites (tertiary alicyclic amines) is 1. The number of nitriles is 1. The number of benzene rings is 1. The van der Waals surface area contributed by atoms with Crippen molar-refractivity contribution in [2.75, 3.05) is 31.1 Å². The van der Waals surface area contributed by atoms with Crippen LogP contribution in [0.3, 0.4) is 0 Å². The zero-order valence-corrected chi connectivity index (χ0v) is 14.2. The average molecular weight is 320 g/mol. The lowest BCUT2D eigenvalue weighted by molar-refractivity contribution is 0.317. The molecule has 3 rings (SSSR count). The van der Waals surface area contributed by atoms with Crippen LogP contribution < -0.4 is 4.90 Å². The molecule has 1 aliphatic heterocycles. The topological polar surface area (TPSA) is 43.2 Å². The van der Waals surface area contributed by atoms with Gasteiger partial charge in [-0.15, -0.1) is 0 Å². The molecule has 0 saturated carbocycles. The van der Waals surface area contributed by atoms with Gasteiger partial charge in [0.2, 0.25) is 0 Å². The van der Waals surface area contributed by atoms with E-state index in [0.29, 0.717) is 11.6 Å². The summed E-state index contributed by atoms with van der Waals surface area (Å²) >= 11 is 0. The Morgan fingerprint density at radius 2 is 2.04 bits per heavy atom. The van der Waals surface area contributed by atoms with E-state index < -0.39 is 0 Å². The third-order valence-corrected chi connectivity index (χ3v) is 4.65. The maximum atomic E-state index is 9.04. The van der Waals surface area contributed by atoms with Crippen molar-refractivity contribution < 1.29 is 0 Å². The van der Waals surface area contributed by atoms with Gasteiger partial charge in [0.15, 0.2) is 0 Å². The zero-order valence-electron chi connectivity index (χ0n) is 14.2. The quantitative estimate of drug-likeness (QED) is 0.819. The molecule has 124 valence electrons. The van der Waals surface area contributed by atoms with Crippen molar-refractivity contribution in [2.24, 2.45) is 5.92 Å². The highest BCUT2D eigenvalue weighted by Gasteiger charge is 2.24. The van der Waals surface area contributed by atoms with Gasteiger partial charge in [-0.2, -0.15) is 5.26 Å². The fourth-order valence-electron chi connectivity index (χ4n) is 3.41. The van der Waals surface area contributed by atoms with Crippen LogP contribution in [0.2, 0.25) is 0 Å². The Hall–Kier alpha value is -2.38. The molecule has 1 unspecified atom stereocenters. The van der Waals surface area contributed by atoms with E-state index >= 15 is 0 Å². The predicted molar refractivity (Wildman–Crippen MR) is 96.7 cm³/mol. The SMILES string of the molecule is CCN(CC1CCN(Cc2ccccc2)C1)c1cccc(C#N)n1. The van der Waals surface area contributed by atoms with Gasteiger partial charge in [0.1, 0.15) is 17.6 Å². The molecule has 1 aromatic heterocycles. The van der Waals surface area contributed by atoms with Crippen molar-refractivity contribution >= 4 is 5.82 Å². The van der Waals surface area contributed by atoms with E-state index in [2.05, 4.69) is 58.1 Å². The predicted octanol–water partition coefficient (Wildman–Crippen LogP) is 3.30. The van der Waals surface area contributed by atoms with Crippen LogP contribution >= 0.6 is 0 Å². The van der Waals surface area contributed by atoms with Crippen molar-refractivity contribution in [3.05, 3.63) is 59.8 Å². The molecular weight excluding hydrogens is 296 g/mol. The smallest absolute Gasteiger partial charge is 0.142 e. The van der Waals surface area contributed by atoms with E-state index in [0.717, 1.165) is 38.5 Å². The Morgan fingerprint density at radius 1 is 1.21 bits per heavy atom. The summed E-state index contributed by atoms with van der Waals surface area (Å²) in [5.41, 5.74) is 1.87. The second-order valence-electron chi connectivity index (χ2n) is 6.41. The number of rotatable bonds is 6. The van der Waals surface area contributed by atoms with Gasteiger partial charge >= 0.3 is 0 Å². The Morgan fingerprint density at radius 3 is 2.79 bits per heavy atom. The first-order valence-corrected chi connectivity index (χ1v) is 8.67. The van der Waals surface area contributed by atoms with Crippen molar-refractivity contribution in [1.29, 1.82) is 5.26 Å². The number of nitrogens with zero attached hydrogens (tertiary/aromatic N) is 4. The van der Waals surface area contributed by atoms with Crippen molar-refractivity contribution in [3.63, 3.8) is 0 Å². The summed E-state index contributed by atoms with van der Waals surface area (Å²) in [6.45, 7) is 7.38. The minimum absolute atomic E-state index is 0.489. The van der Waals surface area contributed by atoms with Crippen LogP contribution in [-0.2, 0) is 6.54 Å². The van der Waals surface area contributed by atoms with Gasteiger partial charge in [-0.05, 0) is 43.5 Å². The standard InChI is InChI=1S/C20H24N4/c1-2-24(20-10-6-9-19(13-21)22-20)16-18-11-12-23(15-18)14-17-7-4-3-5-8-17/h3-10,18H,2,11-12,14-16H2,1H3. The van der Waals surface area contributed by atoms with Crippen molar-refractivity contribution in [1.82, 2.24) is 9.88 Å². The maximum Gasteiger partial charge on any atom is 0.142 e. The number of aromatic nitrogens is 1. The third kappa shape index (κ3) is 4.12. The lowest BCUT2D eigenvalue weighted by Crippen LogP contribution is -2.31. The zero-order chi connectivity index (χ0) is 16.8. The van der Waals surface area contributed by atoms with Crippen LogP contribution in [0.5, 0.6) is 0 Å². The van der Waals surface area contributed by atoms with E-state index in [1.807, 2.05) is 12.1 Å². The summed E-state index contributed by atoms with van der Waals surface area (Å²) in [7, 11) is 0. The van der Waals surface area contributed by atoms with Gasteiger partial charge in [0.05, 0.1) is 0 Å². The molecule has 1 aromatic carbocycles. The molecule has 4 heteroatoms. The molecule has 1 atom stereocenters. The maximum absolute atomic E-state index is 9.04. The molecular formula is C20H24N4. The monoisotopic (exact) mass is 320 g/mol. The fraction of sp³-hybridized carbons (Fsp3) is 0.400. The molecule has 1 aliphatic rings. The minimum Gasteiger partial charge on any atom is -0.357 e. The molecule has 4 nitrogen and oxygen atoms in total. The van der Waals surface area contributed by atoms with Crippen LogP contribution in [0.1, 0.15) is 24.6 Å². The lowest BCUT2D eigenvalue weighted by atomic mass is 10.1. The van der Waals surface area contributed by atoms with Gasteiger partial charge in [-0.25, -0.2) is 4.98 Å². The van der Waals surface area contributed by atoms with E-state index in [4.69, 9.17) is 5.26 Å². The number of pyridine rings is 1. The summed E-state index contributed by atoms with van der Waals surface area (Å²) in [5, 5.41) is 9.04. The van der Waals surface area contributed by atoms with Crippen LogP contribution in [0.4, 0.5) is 5.82 Å². The summed E-state index contributed by atoms with van der Waals surface area (Å²) in [5.74, 6) is 1.57. The van der Waals surface area contributed by atoms with E-state index in [-0.39, 0.29) is 0 Å². The normalized spacial score (nSPS) is 17.6. The van der Waals surface area contributed by atoms with Crippen molar-refractivity contribution in [2.45, 2.75) is 19.9 Å². The first kappa shape index (κ1) is 16.5. The molecule has 24 heavy (non-hydrogen) atoms. The Bertz CT molecular complexity index is 692. The first-order chi connectivity index (χ1) is 11.8. The first-order valence-electron chi connectivity index (χ1n) is 8.67.